The maximum Gasteiger partial charge on any atom is 0.158 e. The van der Waals surface area contributed by atoms with Crippen LogP contribution in [0, 0.1) is 6.92 Å². The third kappa shape index (κ3) is 2.41. The molecule has 3 nitrogen and oxygen atoms in total. The third-order valence-corrected chi connectivity index (χ3v) is 5.50. The Morgan fingerprint density at radius 2 is 1.81 bits per heavy atom. The van der Waals surface area contributed by atoms with Crippen LogP contribution in [-0.4, -0.2) is 24.1 Å². The molecule has 0 amide bonds. The van der Waals surface area contributed by atoms with Gasteiger partial charge in [0.25, 0.3) is 0 Å². The first-order valence-corrected chi connectivity index (χ1v) is 7.83. The summed E-state index contributed by atoms with van der Waals surface area (Å²) in [6.07, 6.45) is 1.56. The first kappa shape index (κ1) is 11.5. The van der Waals surface area contributed by atoms with Gasteiger partial charge in [-0.3, -0.25) is 0 Å². The minimum Gasteiger partial charge on any atom is -0.249 e. The van der Waals surface area contributed by atoms with Crippen molar-refractivity contribution in [3.63, 3.8) is 0 Å². The van der Waals surface area contributed by atoms with E-state index in [0.717, 1.165) is 5.56 Å². The highest BCUT2D eigenvalue weighted by Gasteiger charge is 2.24. The predicted molar refractivity (Wildman–Crippen MR) is 64.3 cm³/mol. The van der Waals surface area contributed by atoms with Crippen LogP contribution in [0.15, 0.2) is 40.1 Å². The second-order valence-corrected chi connectivity index (χ2v) is 7.45. The van der Waals surface area contributed by atoms with Gasteiger partial charge in [0.05, 0.1) is 22.3 Å². The summed E-state index contributed by atoms with van der Waals surface area (Å²) in [7, 11) is -4.37. The molecule has 0 saturated carbocycles. The molecule has 2 rings (SSSR count). The quantitative estimate of drug-likeness (QED) is 0.804. The topological polar surface area (TPSA) is 51.2 Å². The van der Waals surface area contributed by atoms with Crippen LogP contribution in [0.4, 0.5) is 0 Å². The highest BCUT2D eigenvalue weighted by Crippen LogP contribution is 2.21. The summed E-state index contributed by atoms with van der Waals surface area (Å²) in [5.41, 5.74) is 1.09. The number of hydrogen-bond donors (Lipinski definition) is 0. The van der Waals surface area contributed by atoms with Gasteiger partial charge >= 0.3 is 0 Å². The van der Waals surface area contributed by atoms with E-state index in [2.05, 4.69) is 0 Å². The Morgan fingerprint density at radius 1 is 1.19 bits per heavy atom. The van der Waals surface area contributed by atoms with Crippen LogP contribution in [0.25, 0.3) is 0 Å². The average molecular weight is 256 g/mol. The van der Waals surface area contributed by atoms with E-state index in [4.69, 9.17) is 0 Å². The minimum absolute atomic E-state index is 0.0138. The third-order valence-electron chi connectivity index (χ3n) is 2.40. The summed E-state index contributed by atoms with van der Waals surface area (Å²) in [5, 5.41) is 0. The normalized spacial score (nSPS) is 20.4. The zero-order valence-electron chi connectivity index (χ0n) is 8.84. The fourth-order valence-electron chi connectivity index (χ4n) is 1.50. The van der Waals surface area contributed by atoms with Gasteiger partial charge in [-0.2, -0.15) is 0 Å². The van der Waals surface area contributed by atoms with Gasteiger partial charge in [0.2, 0.25) is 0 Å². The summed E-state index contributed by atoms with van der Waals surface area (Å²) in [6.45, 7) is 1.95. The molecular weight excluding hydrogens is 244 g/mol. The SMILES string of the molecule is Cc1ccc(S(=O)C2=CCS(=O)(=O)C2)cc1. The average Bonchev–Trinajstić information content (AvgIpc) is 2.59. The van der Waals surface area contributed by atoms with Crippen molar-refractivity contribution in [2.75, 3.05) is 11.5 Å². The summed E-state index contributed by atoms with van der Waals surface area (Å²) < 4.78 is 34.5. The molecule has 0 spiro atoms. The highest BCUT2D eigenvalue weighted by molar-refractivity contribution is 7.95. The lowest BCUT2D eigenvalue weighted by Crippen LogP contribution is -2.05. The van der Waals surface area contributed by atoms with Crippen LogP contribution in [0.5, 0.6) is 0 Å². The van der Waals surface area contributed by atoms with E-state index in [1.54, 1.807) is 18.2 Å². The fourth-order valence-corrected chi connectivity index (χ4v) is 4.61. The molecule has 0 aromatic heterocycles. The van der Waals surface area contributed by atoms with Gasteiger partial charge in [-0.05, 0) is 19.1 Å². The Morgan fingerprint density at radius 3 is 2.31 bits per heavy atom. The molecular formula is C11H12O3S2. The lowest BCUT2D eigenvalue weighted by molar-refractivity contribution is 0.603. The number of benzene rings is 1. The van der Waals surface area contributed by atoms with E-state index in [1.165, 1.54) is 0 Å². The van der Waals surface area contributed by atoms with Gasteiger partial charge in [-0.25, -0.2) is 12.6 Å². The highest BCUT2D eigenvalue weighted by atomic mass is 32.2. The first-order valence-electron chi connectivity index (χ1n) is 4.86. The molecule has 1 heterocycles. The Balaban J connectivity index is 2.24. The minimum atomic E-state index is -3.04. The molecule has 16 heavy (non-hydrogen) atoms. The summed E-state index contributed by atoms with van der Waals surface area (Å²) in [5.74, 6) is -0.0621. The molecule has 1 atom stereocenters. The van der Waals surface area contributed by atoms with E-state index in [1.807, 2.05) is 19.1 Å². The first-order chi connectivity index (χ1) is 7.48. The number of hydrogen-bond acceptors (Lipinski definition) is 3. The van der Waals surface area contributed by atoms with Gasteiger partial charge in [-0.1, -0.05) is 23.8 Å². The fraction of sp³-hybridized carbons (Fsp3) is 0.273. The zero-order chi connectivity index (χ0) is 11.8. The van der Waals surface area contributed by atoms with Gasteiger partial charge in [0, 0.05) is 9.80 Å². The molecule has 0 radical (unpaired) electrons. The summed E-state index contributed by atoms with van der Waals surface area (Å²) in [4.78, 5) is 1.16. The van der Waals surface area contributed by atoms with E-state index >= 15 is 0 Å². The second-order valence-electron chi connectivity index (χ2n) is 3.81. The van der Waals surface area contributed by atoms with Crippen molar-refractivity contribution in [2.45, 2.75) is 11.8 Å². The maximum atomic E-state index is 12.0. The smallest absolute Gasteiger partial charge is 0.158 e. The lowest BCUT2D eigenvalue weighted by atomic mass is 10.2. The second kappa shape index (κ2) is 4.14. The number of sulfone groups is 1. The Kier molecular flexibility index (Phi) is 2.99. The Bertz CT molecular complexity index is 553. The van der Waals surface area contributed by atoms with Gasteiger partial charge in [-0.15, -0.1) is 0 Å². The van der Waals surface area contributed by atoms with E-state index in [9.17, 15) is 12.6 Å². The molecule has 5 heteroatoms. The van der Waals surface area contributed by atoms with Crippen LogP contribution < -0.4 is 0 Å². The van der Waals surface area contributed by atoms with Crippen molar-refractivity contribution in [3.8, 4) is 0 Å². The summed E-state index contributed by atoms with van der Waals surface area (Å²) in [6, 6.07) is 7.29. The molecule has 1 aromatic carbocycles. The molecule has 86 valence electrons. The molecule has 0 bridgehead atoms. The predicted octanol–water partition coefficient (Wildman–Crippen LogP) is 1.41. The van der Waals surface area contributed by atoms with E-state index < -0.39 is 20.6 Å². The summed E-state index contributed by atoms with van der Waals surface area (Å²) >= 11 is 0. The van der Waals surface area contributed by atoms with Crippen LogP contribution in [0.2, 0.25) is 0 Å². The molecule has 0 saturated heterocycles. The van der Waals surface area contributed by atoms with Crippen LogP contribution in [0.1, 0.15) is 5.56 Å². The van der Waals surface area contributed by atoms with Gasteiger partial charge < -0.3 is 0 Å². The molecule has 0 aliphatic carbocycles. The zero-order valence-corrected chi connectivity index (χ0v) is 10.5. The molecule has 1 aliphatic heterocycles. The lowest BCUT2D eigenvalue weighted by Gasteiger charge is -2.02. The number of rotatable bonds is 2. The van der Waals surface area contributed by atoms with Crippen LogP contribution >= 0.6 is 0 Å². The van der Waals surface area contributed by atoms with E-state index in [-0.39, 0.29) is 11.5 Å². The monoisotopic (exact) mass is 256 g/mol. The maximum absolute atomic E-state index is 12.0. The van der Waals surface area contributed by atoms with E-state index in [0.29, 0.717) is 9.80 Å². The molecule has 1 aromatic rings. The Labute approximate surface area is 97.6 Å². The van der Waals surface area contributed by atoms with Crippen LogP contribution in [-0.2, 0) is 20.6 Å². The van der Waals surface area contributed by atoms with Crippen molar-refractivity contribution in [1.29, 1.82) is 0 Å². The Hall–Kier alpha value is -0.940. The standard InChI is InChI=1S/C11H12O3S2/c1-9-2-4-10(5-3-9)15(12)11-6-7-16(13,14)8-11/h2-6H,7-8H2,1H3. The van der Waals surface area contributed by atoms with Crippen molar-refractivity contribution in [1.82, 2.24) is 0 Å². The van der Waals surface area contributed by atoms with Crippen molar-refractivity contribution in [3.05, 3.63) is 40.8 Å². The van der Waals surface area contributed by atoms with Crippen molar-refractivity contribution < 1.29 is 12.6 Å². The molecule has 0 fully saturated rings. The molecule has 1 aliphatic rings. The number of aryl methyl sites for hydroxylation is 1. The molecule has 1 unspecified atom stereocenters. The van der Waals surface area contributed by atoms with Crippen molar-refractivity contribution >= 4 is 20.6 Å². The van der Waals surface area contributed by atoms with Crippen molar-refractivity contribution in [2.24, 2.45) is 0 Å². The van der Waals surface area contributed by atoms with Gasteiger partial charge in [0.15, 0.2) is 9.84 Å². The van der Waals surface area contributed by atoms with Gasteiger partial charge in [0.1, 0.15) is 0 Å². The molecule has 0 N–H and O–H groups in total. The van der Waals surface area contributed by atoms with Crippen LogP contribution in [0.3, 0.4) is 0 Å². The largest absolute Gasteiger partial charge is 0.249 e.